The van der Waals surface area contributed by atoms with Gasteiger partial charge in [-0.15, -0.1) is 10.2 Å². The van der Waals surface area contributed by atoms with Gasteiger partial charge in [-0.3, -0.25) is 5.10 Å². The monoisotopic (exact) mass is 468 g/mol. The second-order valence-electron chi connectivity index (χ2n) is 10.2. The van der Waals surface area contributed by atoms with Gasteiger partial charge in [0.15, 0.2) is 5.82 Å². The molecule has 3 atom stereocenters. The summed E-state index contributed by atoms with van der Waals surface area (Å²) in [4.78, 5) is 2.00. The standard InChI is InChI=1S/C25H30F2N6O/c1-24-6-3-7-25(2,32-24)13-18(12-24)33(9-8-26)22-5-4-20(30-31-22)23-19(27)10-16(11-21(23)34)17-14-28-29-15-17/h4-5,10-11,14-15,18,32,34H,3,6-9,12-13H2,1-2H3,(H,28,29)/t18-,24-,25+. The topological polar surface area (TPSA) is 90.0 Å². The number of nitrogens with one attached hydrogen (secondary N) is 2. The van der Waals surface area contributed by atoms with Gasteiger partial charge in [0, 0.05) is 35.4 Å². The molecule has 3 N–H and O–H groups in total. The molecule has 0 saturated carbocycles. The summed E-state index contributed by atoms with van der Waals surface area (Å²) in [5.41, 5.74) is 1.41. The van der Waals surface area contributed by atoms with Gasteiger partial charge in [-0.05, 0) is 75.8 Å². The first-order valence-corrected chi connectivity index (χ1v) is 11.8. The SMILES string of the molecule is C[C@]12CCC[C@](C)(C[C@@H](N(CCF)c3ccc(-c4c(O)cc(-c5cn[nH]c5)cc4F)nn3)C1)N2. The van der Waals surface area contributed by atoms with Crippen LogP contribution in [0.1, 0.15) is 46.0 Å². The Hall–Kier alpha value is -3.07. The zero-order valence-corrected chi connectivity index (χ0v) is 19.5. The fourth-order valence-electron chi connectivity index (χ4n) is 5.97. The second-order valence-corrected chi connectivity index (χ2v) is 10.2. The van der Waals surface area contributed by atoms with Crippen LogP contribution in [0.4, 0.5) is 14.6 Å². The van der Waals surface area contributed by atoms with E-state index in [0.717, 1.165) is 25.7 Å². The van der Waals surface area contributed by atoms with E-state index in [0.29, 0.717) is 16.9 Å². The van der Waals surface area contributed by atoms with E-state index in [4.69, 9.17) is 0 Å². The molecule has 7 nitrogen and oxygen atoms in total. The molecule has 0 radical (unpaired) electrons. The first kappa shape index (κ1) is 22.7. The number of aromatic nitrogens is 4. The van der Waals surface area contributed by atoms with Gasteiger partial charge >= 0.3 is 0 Å². The first-order valence-electron chi connectivity index (χ1n) is 11.8. The summed E-state index contributed by atoms with van der Waals surface area (Å²) in [6.45, 7) is 4.23. The van der Waals surface area contributed by atoms with Gasteiger partial charge in [-0.1, -0.05) is 0 Å². The molecule has 2 aliphatic rings. The number of alkyl halides is 1. The van der Waals surface area contributed by atoms with Gasteiger partial charge < -0.3 is 15.3 Å². The van der Waals surface area contributed by atoms with Gasteiger partial charge in [0.05, 0.1) is 17.5 Å². The van der Waals surface area contributed by atoms with Crippen molar-refractivity contribution in [2.24, 2.45) is 0 Å². The molecule has 2 saturated heterocycles. The van der Waals surface area contributed by atoms with Crippen molar-refractivity contribution in [1.29, 1.82) is 0 Å². The molecular formula is C25H30F2N6O. The highest BCUT2D eigenvalue weighted by molar-refractivity contribution is 5.74. The minimum Gasteiger partial charge on any atom is -0.507 e. The largest absolute Gasteiger partial charge is 0.507 e. The Balaban J connectivity index is 1.43. The van der Waals surface area contributed by atoms with Crippen LogP contribution < -0.4 is 10.2 Å². The summed E-state index contributed by atoms with van der Waals surface area (Å²) in [7, 11) is 0. The Labute approximate surface area is 197 Å². The summed E-state index contributed by atoms with van der Waals surface area (Å²) < 4.78 is 28.5. The average molecular weight is 469 g/mol. The van der Waals surface area contributed by atoms with Gasteiger partial charge in [0.2, 0.25) is 0 Å². The molecule has 3 aromatic rings. The highest BCUT2D eigenvalue weighted by Crippen LogP contribution is 2.42. The Kier molecular flexibility index (Phi) is 5.75. The average Bonchev–Trinajstić information content (AvgIpc) is 3.31. The molecule has 2 aliphatic heterocycles. The number of piperidine rings is 2. The number of fused-ring (bicyclic) bond motifs is 2. The van der Waals surface area contributed by atoms with Crippen molar-refractivity contribution in [3.63, 3.8) is 0 Å². The molecule has 0 aliphatic carbocycles. The Morgan fingerprint density at radius 2 is 1.88 bits per heavy atom. The number of nitrogens with zero attached hydrogens (tertiary/aromatic N) is 4. The van der Waals surface area contributed by atoms with Crippen molar-refractivity contribution < 1.29 is 13.9 Å². The third-order valence-electron chi connectivity index (χ3n) is 7.30. The summed E-state index contributed by atoms with van der Waals surface area (Å²) in [5, 5.41) is 29.4. The normalized spacial score (nSPS) is 26.4. The molecule has 4 heterocycles. The van der Waals surface area contributed by atoms with Crippen LogP contribution in [0.2, 0.25) is 0 Å². The maximum atomic E-state index is 15.0. The van der Waals surface area contributed by atoms with Crippen molar-refractivity contribution in [3.8, 4) is 28.1 Å². The van der Waals surface area contributed by atoms with Crippen LogP contribution in [0, 0.1) is 5.82 Å². The van der Waals surface area contributed by atoms with Crippen molar-refractivity contribution in [1.82, 2.24) is 25.7 Å². The maximum absolute atomic E-state index is 15.0. The molecule has 0 spiro atoms. The van der Waals surface area contributed by atoms with E-state index in [1.165, 1.54) is 18.6 Å². The predicted molar refractivity (Wildman–Crippen MR) is 127 cm³/mol. The molecule has 2 bridgehead atoms. The Bertz CT molecular complexity index is 1110. The van der Waals surface area contributed by atoms with E-state index in [1.807, 2.05) is 4.90 Å². The quantitative estimate of drug-likeness (QED) is 0.490. The number of phenolic OH excluding ortho intramolecular Hbond substituents is 1. The third-order valence-corrected chi connectivity index (χ3v) is 7.30. The van der Waals surface area contributed by atoms with Crippen molar-refractivity contribution in [2.75, 3.05) is 18.1 Å². The number of rotatable bonds is 6. The highest BCUT2D eigenvalue weighted by Gasteiger charge is 2.47. The van der Waals surface area contributed by atoms with Crippen LogP contribution >= 0.6 is 0 Å². The minimum atomic E-state index is -0.606. The lowest BCUT2D eigenvalue weighted by Crippen LogP contribution is -2.67. The number of H-pyrrole nitrogens is 1. The van der Waals surface area contributed by atoms with E-state index in [1.54, 1.807) is 24.5 Å². The molecular weight excluding hydrogens is 438 g/mol. The van der Waals surface area contributed by atoms with E-state index < -0.39 is 12.5 Å². The second kappa shape index (κ2) is 8.61. The molecule has 0 amide bonds. The number of hydrogen-bond acceptors (Lipinski definition) is 6. The smallest absolute Gasteiger partial charge is 0.151 e. The fourth-order valence-corrected chi connectivity index (χ4v) is 5.97. The number of aromatic amines is 1. The van der Waals surface area contributed by atoms with E-state index in [-0.39, 0.29) is 40.7 Å². The molecule has 2 aromatic heterocycles. The summed E-state index contributed by atoms with van der Waals surface area (Å²) in [6.07, 6.45) is 8.36. The van der Waals surface area contributed by atoms with E-state index in [2.05, 4.69) is 39.6 Å². The molecule has 2 fully saturated rings. The van der Waals surface area contributed by atoms with Crippen LogP contribution in [0.15, 0.2) is 36.7 Å². The van der Waals surface area contributed by atoms with Crippen molar-refractivity contribution in [2.45, 2.75) is 63.1 Å². The highest BCUT2D eigenvalue weighted by atomic mass is 19.1. The van der Waals surface area contributed by atoms with Crippen LogP contribution in [0.5, 0.6) is 5.75 Å². The zero-order valence-electron chi connectivity index (χ0n) is 19.5. The summed E-state index contributed by atoms with van der Waals surface area (Å²) in [5.74, 6) is -0.273. The van der Waals surface area contributed by atoms with E-state index in [9.17, 15) is 13.9 Å². The van der Waals surface area contributed by atoms with E-state index >= 15 is 0 Å². The fraction of sp³-hybridized carbons (Fsp3) is 0.480. The Morgan fingerprint density at radius 1 is 1.12 bits per heavy atom. The lowest BCUT2D eigenvalue weighted by molar-refractivity contribution is 0.0767. The maximum Gasteiger partial charge on any atom is 0.151 e. The van der Waals surface area contributed by atoms with Gasteiger partial charge in [0.25, 0.3) is 0 Å². The predicted octanol–water partition coefficient (Wildman–Crippen LogP) is 4.61. The lowest BCUT2D eigenvalue weighted by Gasteiger charge is -2.55. The van der Waals surface area contributed by atoms with Crippen molar-refractivity contribution >= 4 is 5.82 Å². The van der Waals surface area contributed by atoms with Gasteiger partial charge in [0.1, 0.15) is 18.2 Å². The summed E-state index contributed by atoms with van der Waals surface area (Å²) in [6, 6.07) is 6.31. The number of phenols is 1. The van der Waals surface area contributed by atoms with Gasteiger partial charge in [-0.2, -0.15) is 5.10 Å². The van der Waals surface area contributed by atoms with Gasteiger partial charge in [-0.25, -0.2) is 8.78 Å². The molecule has 5 rings (SSSR count). The minimum absolute atomic E-state index is 0.0141. The van der Waals surface area contributed by atoms with Crippen LogP contribution in [-0.4, -0.2) is 55.8 Å². The molecule has 0 unspecified atom stereocenters. The van der Waals surface area contributed by atoms with Crippen LogP contribution in [0.25, 0.3) is 22.4 Å². The number of halogens is 2. The number of hydrogen-bond donors (Lipinski definition) is 3. The van der Waals surface area contributed by atoms with Crippen molar-refractivity contribution in [3.05, 3.63) is 42.5 Å². The molecule has 34 heavy (non-hydrogen) atoms. The van der Waals surface area contributed by atoms with Crippen LogP contribution in [-0.2, 0) is 0 Å². The number of anilines is 1. The number of aromatic hydroxyl groups is 1. The third kappa shape index (κ3) is 4.24. The zero-order chi connectivity index (χ0) is 23.9. The summed E-state index contributed by atoms with van der Waals surface area (Å²) >= 11 is 0. The first-order chi connectivity index (χ1) is 16.3. The lowest BCUT2D eigenvalue weighted by atomic mass is 9.69. The molecule has 9 heteroatoms. The van der Waals surface area contributed by atoms with Crippen LogP contribution in [0.3, 0.4) is 0 Å². The molecule has 180 valence electrons. The molecule has 1 aromatic carbocycles. The Morgan fingerprint density at radius 3 is 2.47 bits per heavy atom. The number of benzene rings is 1.